The molecule has 1 atom stereocenters. The molecule has 4 aromatic rings. The number of amides is 1. The SMILES string of the molecule is C=S1(=O)CCn2c(nc3cc(C(=O)Nc4ccc(OC(F)(F)Cl)cc4)cc(-c4cncnc4)c32)C1. The summed E-state index contributed by atoms with van der Waals surface area (Å²) in [6.45, 7) is 0.496. The van der Waals surface area contributed by atoms with Crippen molar-refractivity contribution in [2.45, 2.75) is 17.9 Å². The number of imidazole rings is 1. The van der Waals surface area contributed by atoms with Crippen LogP contribution < -0.4 is 10.1 Å². The average molecular weight is 518 g/mol. The van der Waals surface area contributed by atoms with Gasteiger partial charge in [-0.15, -0.1) is 8.78 Å². The van der Waals surface area contributed by atoms with Gasteiger partial charge in [-0.3, -0.25) is 9.00 Å². The van der Waals surface area contributed by atoms with E-state index in [0.29, 0.717) is 46.0 Å². The molecular weight excluding hydrogens is 500 g/mol. The van der Waals surface area contributed by atoms with E-state index >= 15 is 0 Å². The highest BCUT2D eigenvalue weighted by Gasteiger charge is 2.27. The quantitative estimate of drug-likeness (QED) is 0.315. The molecule has 0 aliphatic carbocycles. The number of carbonyl (C=O) groups is 1. The smallest absolute Gasteiger partial charge is 0.420 e. The Balaban J connectivity index is 1.53. The summed E-state index contributed by atoms with van der Waals surface area (Å²) in [6, 6.07) is 8.73. The number of hydrogen-bond acceptors (Lipinski definition) is 6. The van der Waals surface area contributed by atoms with Crippen LogP contribution in [-0.2, 0) is 21.8 Å². The Hall–Kier alpha value is -3.57. The van der Waals surface area contributed by atoms with Gasteiger partial charge in [0.1, 0.15) is 17.9 Å². The van der Waals surface area contributed by atoms with Gasteiger partial charge in [0.15, 0.2) is 0 Å². The van der Waals surface area contributed by atoms with Crippen molar-refractivity contribution >= 4 is 49.6 Å². The molecule has 0 saturated heterocycles. The molecule has 8 nitrogen and oxygen atoms in total. The fraction of sp³-hybridized carbons (Fsp3) is 0.174. The molecule has 0 bridgehead atoms. The molecule has 0 spiro atoms. The van der Waals surface area contributed by atoms with Crippen LogP contribution in [0, 0.1) is 0 Å². The van der Waals surface area contributed by atoms with Crippen LogP contribution in [0.2, 0.25) is 0 Å². The second-order valence-electron chi connectivity index (χ2n) is 8.04. The number of alkyl halides is 3. The molecule has 1 aliphatic heterocycles. The maximum atomic E-state index is 13.1. The number of ether oxygens (including phenoxy) is 1. The van der Waals surface area contributed by atoms with E-state index in [1.54, 1.807) is 24.5 Å². The Morgan fingerprint density at radius 3 is 2.60 bits per heavy atom. The Morgan fingerprint density at radius 1 is 1.20 bits per heavy atom. The second-order valence-corrected chi connectivity index (χ2v) is 11.1. The summed E-state index contributed by atoms with van der Waals surface area (Å²) in [5, 5.41) is 2.73. The van der Waals surface area contributed by atoms with Gasteiger partial charge in [0.25, 0.3) is 5.91 Å². The number of fused-ring (bicyclic) bond motifs is 3. The van der Waals surface area contributed by atoms with Crippen LogP contribution in [0.3, 0.4) is 0 Å². The molecule has 2 aromatic carbocycles. The van der Waals surface area contributed by atoms with Crippen molar-refractivity contribution in [1.82, 2.24) is 19.5 Å². The van der Waals surface area contributed by atoms with Gasteiger partial charge >= 0.3 is 5.57 Å². The van der Waals surface area contributed by atoms with Gasteiger partial charge < -0.3 is 14.6 Å². The van der Waals surface area contributed by atoms with Gasteiger partial charge in [0, 0.05) is 58.7 Å². The summed E-state index contributed by atoms with van der Waals surface area (Å²) in [5.41, 5.74) is -0.387. The molecule has 1 N–H and O–H groups in total. The zero-order valence-electron chi connectivity index (χ0n) is 18.1. The van der Waals surface area contributed by atoms with Gasteiger partial charge in [0.2, 0.25) is 0 Å². The van der Waals surface area contributed by atoms with Crippen LogP contribution in [0.4, 0.5) is 14.5 Å². The minimum Gasteiger partial charge on any atom is -0.420 e. The summed E-state index contributed by atoms with van der Waals surface area (Å²) in [5.74, 6) is 4.58. The highest BCUT2D eigenvalue weighted by Crippen LogP contribution is 2.33. The molecule has 0 radical (unpaired) electrons. The third kappa shape index (κ3) is 4.96. The maximum absolute atomic E-state index is 13.1. The number of aryl methyl sites for hydroxylation is 1. The van der Waals surface area contributed by atoms with Crippen LogP contribution in [-0.4, -0.2) is 46.8 Å². The zero-order valence-corrected chi connectivity index (χ0v) is 19.7. The fourth-order valence-electron chi connectivity index (χ4n) is 3.97. The fourth-order valence-corrected chi connectivity index (χ4v) is 5.40. The third-order valence-corrected chi connectivity index (χ3v) is 7.27. The van der Waals surface area contributed by atoms with Crippen molar-refractivity contribution in [3.05, 3.63) is 66.5 Å². The number of halogens is 3. The highest BCUT2D eigenvalue weighted by molar-refractivity contribution is 7.99. The van der Waals surface area contributed by atoms with E-state index in [9.17, 15) is 17.8 Å². The van der Waals surface area contributed by atoms with Crippen molar-refractivity contribution < 1.29 is 22.5 Å². The van der Waals surface area contributed by atoms with E-state index in [0.717, 1.165) is 5.52 Å². The summed E-state index contributed by atoms with van der Waals surface area (Å²) in [6.07, 6.45) is 4.69. The minimum atomic E-state index is -3.83. The first kappa shape index (κ1) is 23.2. The topological polar surface area (TPSA) is 99.0 Å². The lowest BCUT2D eigenvalue weighted by molar-refractivity contribution is -0.0964. The highest BCUT2D eigenvalue weighted by atomic mass is 35.5. The van der Waals surface area contributed by atoms with E-state index in [4.69, 9.17) is 11.6 Å². The molecule has 2 aromatic heterocycles. The van der Waals surface area contributed by atoms with Crippen LogP contribution in [0.1, 0.15) is 16.2 Å². The number of hydrogen-bond donors (Lipinski definition) is 1. The first-order chi connectivity index (χ1) is 16.6. The summed E-state index contributed by atoms with van der Waals surface area (Å²) < 4.78 is 44.5. The van der Waals surface area contributed by atoms with Crippen LogP contribution in [0.25, 0.3) is 22.2 Å². The molecule has 12 heteroatoms. The number of nitrogens with zero attached hydrogens (tertiary/aromatic N) is 4. The largest absolute Gasteiger partial charge is 0.487 e. The third-order valence-electron chi connectivity index (χ3n) is 5.48. The number of aromatic nitrogens is 4. The van der Waals surface area contributed by atoms with Crippen LogP contribution >= 0.6 is 11.6 Å². The Labute approximate surface area is 203 Å². The molecule has 1 aliphatic rings. The van der Waals surface area contributed by atoms with E-state index in [1.807, 2.05) is 4.57 Å². The van der Waals surface area contributed by atoms with Crippen molar-refractivity contribution in [1.29, 1.82) is 0 Å². The molecule has 0 fully saturated rings. The maximum Gasteiger partial charge on any atom is 0.487 e. The van der Waals surface area contributed by atoms with Crippen molar-refractivity contribution in [3.63, 3.8) is 0 Å². The number of benzene rings is 2. The Bertz CT molecular complexity index is 1540. The first-order valence-electron chi connectivity index (χ1n) is 10.4. The Morgan fingerprint density at radius 2 is 1.91 bits per heavy atom. The number of rotatable bonds is 5. The summed E-state index contributed by atoms with van der Waals surface area (Å²) in [4.78, 5) is 25.9. The van der Waals surface area contributed by atoms with Crippen molar-refractivity contribution in [2.75, 3.05) is 11.1 Å². The van der Waals surface area contributed by atoms with Crippen LogP contribution in [0.5, 0.6) is 5.75 Å². The monoisotopic (exact) mass is 517 g/mol. The number of carbonyl (C=O) groups excluding carboxylic acids is 1. The van der Waals surface area contributed by atoms with Gasteiger partial charge in [-0.1, -0.05) is 0 Å². The predicted octanol–water partition coefficient (Wildman–Crippen LogP) is 4.14. The molecule has 180 valence electrons. The molecule has 1 amide bonds. The average Bonchev–Trinajstić information content (AvgIpc) is 3.15. The lowest BCUT2D eigenvalue weighted by Gasteiger charge is -2.19. The van der Waals surface area contributed by atoms with Gasteiger partial charge in [-0.25, -0.2) is 15.0 Å². The molecular formula is C23H18ClF2N5O3S. The molecule has 3 heterocycles. The van der Waals surface area contributed by atoms with E-state index in [1.165, 1.54) is 30.6 Å². The van der Waals surface area contributed by atoms with Crippen LogP contribution in [0.15, 0.2) is 55.1 Å². The van der Waals surface area contributed by atoms with E-state index in [-0.39, 0.29) is 11.5 Å². The van der Waals surface area contributed by atoms with Crippen molar-refractivity contribution in [3.8, 4) is 16.9 Å². The predicted molar refractivity (Wildman–Crippen MR) is 130 cm³/mol. The van der Waals surface area contributed by atoms with Crippen molar-refractivity contribution in [2.24, 2.45) is 0 Å². The zero-order chi connectivity index (χ0) is 24.8. The molecule has 0 saturated carbocycles. The van der Waals surface area contributed by atoms with E-state index < -0.39 is 21.0 Å². The van der Waals surface area contributed by atoms with Gasteiger partial charge in [0.05, 0.1) is 16.8 Å². The summed E-state index contributed by atoms with van der Waals surface area (Å²) >= 11 is 4.78. The summed E-state index contributed by atoms with van der Waals surface area (Å²) in [7, 11) is -2.26. The lowest BCUT2D eigenvalue weighted by Crippen LogP contribution is -2.23. The van der Waals surface area contributed by atoms with Gasteiger partial charge in [-0.2, -0.15) is 0 Å². The van der Waals surface area contributed by atoms with E-state index in [2.05, 4.69) is 30.9 Å². The second kappa shape index (κ2) is 8.58. The lowest BCUT2D eigenvalue weighted by atomic mass is 10.0. The number of nitrogens with one attached hydrogen (secondary N) is 1. The number of anilines is 1. The van der Waals surface area contributed by atoms with Gasteiger partial charge in [-0.05, 0) is 51.8 Å². The standard InChI is InChI=1S/C23H18ClF2N5O3S/c1-35(33)7-6-31-20(12-35)30-19-9-14(8-18(21(19)31)15-10-27-13-28-11-15)22(32)29-16-2-4-17(5-3-16)34-23(24,25)26/h2-5,8-11,13H,1,6-7,12H2,(H,29,32). The Kier molecular flexibility index (Phi) is 5.68. The minimum absolute atomic E-state index is 0.152. The first-order valence-corrected chi connectivity index (χ1v) is 12.8. The normalized spacial score (nSPS) is 17.7. The molecule has 1 unspecified atom stereocenters. The molecule has 35 heavy (non-hydrogen) atoms. The molecule has 5 rings (SSSR count).